The van der Waals surface area contributed by atoms with Gasteiger partial charge >= 0.3 is 0 Å². The van der Waals surface area contributed by atoms with Gasteiger partial charge in [0.15, 0.2) is 9.84 Å². The van der Waals surface area contributed by atoms with Gasteiger partial charge in [-0.25, -0.2) is 8.42 Å². The van der Waals surface area contributed by atoms with Crippen LogP contribution in [0.2, 0.25) is 0 Å². The van der Waals surface area contributed by atoms with Gasteiger partial charge in [0.25, 0.3) is 0 Å². The van der Waals surface area contributed by atoms with Crippen LogP contribution in [0.4, 0.5) is 0 Å². The molecular formula is C15H15NO3S2. The van der Waals surface area contributed by atoms with Gasteiger partial charge in [0, 0.05) is 11.8 Å². The molecule has 0 radical (unpaired) electrons. The van der Waals surface area contributed by atoms with E-state index in [9.17, 15) is 8.42 Å². The number of hydrogen-bond acceptors (Lipinski definition) is 5. The third kappa shape index (κ3) is 4.33. The van der Waals surface area contributed by atoms with Crippen molar-refractivity contribution < 1.29 is 13.2 Å². The molecule has 2 N–H and O–H groups in total. The number of sulfone groups is 1. The molecule has 0 atom stereocenters. The highest BCUT2D eigenvalue weighted by atomic mass is 32.2. The molecule has 0 amide bonds. The van der Waals surface area contributed by atoms with Crippen LogP contribution in [-0.4, -0.2) is 21.2 Å². The van der Waals surface area contributed by atoms with E-state index in [1.54, 1.807) is 23.5 Å². The Balaban J connectivity index is 2.05. The molecule has 0 saturated carbocycles. The molecule has 1 aromatic heterocycles. The molecule has 1 aromatic carbocycles. The molecule has 21 heavy (non-hydrogen) atoms. The summed E-state index contributed by atoms with van der Waals surface area (Å²) in [6.45, 7) is 0.716. The first-order valence-corrected chi connectivity index (χ1v) is 8.96. The molecule has 0 aliphatic heterocycles. The number of thiophene rings is 1. The van der Waals surface area contributed by atoms with Crippen molar-refractivity contribution in [1.29, 1.82) is 0 Å². The molecule has 0 unspecified atom stereocenters. The third-order valence-electron chi connectivity index (χ3n) is 2.69. The lowest BCUT2D eigenvalue weighted by Gasteiger charge is -2.06. The highest BCUT2D eigenvalue weighted by Gasteiger charge is 2.07. The highest BCUT2D eigenvalue weighted by Crippen LogP contribution is 2.20. The zero-order valence-electron chi connectivity index (χ0n) is 11.5. The zero-order valence-corrected chi connectivity index (χ0v) is 13.1. The number of hydrogen-bond donors (Lipinski definition) is 1. The summed E-state index contributed by atoms with van der Waals surface area (Å²) in [7, 11) is -3.18. The number of ether oxygens (including phenoxy) is 1. The fourth-order valence-corrected chi connectivity index (χ4v) is 3.01. The lowest BCUT2D eigenvalue weighted by molar-refractivity contribution is 0.309. The summed E-state index contributed by atoms with van der Waals surface area (Å²) in [5.74, 6) is 6.43. The molecule has 6 heteroatoms. The molecule has 0 spiro atoms. The minimum absolute atomic E-state index is 0.278. The fourth-order valence-electron chi connectivity index (χ4n) is 1.64. The van der Waals surface area contributed by atoms with Crippen LogP contribution in [0.5, 0.6) is 5.75 Å². The largest absolute Gasteiger partial charge is 0.488 e. The predicted octanol–water partition coefficient (Wildman–Crippen LogP) is 2.04. The molecular weight excluding hydrogens is 306 g/mol. The van der Waals surface area contributed by atoms with Crippen molar-refractivity contribution in [3.8, 4) is 17.6 Å². The molecule has 4 nitrogen and oxygen atoms in total. The summed E-state index contributed by atoms with van der Waals surface area (Å²) < 4.78 is 28.4. The lowest BCUT2D eigenvalue weighted by Crippen LogP contribution is -1.98. The minimum atomic E-state index is -3.18. The number of nitrogens with two attached hydrogens (primary N) is 1. The van der Waals surface area contributed by atoms with E-state index in [4.69, 9.17) is 10.5 Å². The molecule has 2 aromatic rings. The Morgan fingerprint density at radius 3 is 2.57 bits per heavy atom. The molecule has 110 valence electrons. The van der Waals surface area contributed by atoms with E-state index in [-0.39, 0.29) is 4.90 Å². The topological polar surface area (TPSA) is 69.4 Å². The van der Waals surface area contributed by atoms with Gasteiger partial charge in [0.2, 0.25) is 0 Å². The van der Waals surface area contributed by atoms with Gasteiger partial charge < -0.3 is 10.5 Å². The normalized spacial score (nSPS) is 10.8. The molecule has 0 bridgehead atoms. The van der Waals surface area contributed by atoms with Crippen molar-refractivity contribution in [2.75, 3.05) is 12.8 Å². The van der Waals surface area contributed by atoms with Crippen molar-refractivity contribution >= 4 is 21.2 Å². The summed E-state index contributed by atoms with van der Waals surface area (Å²) in [6.07, 6.45) is 1.18. The Hall–Kier alpha value is -1.81. The smallest absolute Gasteiger partial charge is 0.175 e. The van der Waals surface area contributed by atoms with Gasteiger partial charge in [-0.3, -0.25) is 0 Å². The van der Waals surface area contributed by atoms with Gasteiger partial charge in [0.05, 0.1) is 16.3 Å². The van der Waals surface area contributed by atoms with E-state index in [1.807, 2.05) is 11.4 Å². The van der Waals surface area contributed by atoms with Gasteiger partial charge in [-0.15, -0.1) is 11.3 Å². The zero-order chi connectivity index (χ0) is 15.3. The quantitative estimate of drug-likeness (QED) is 0.875. The van der Waals surface area contributed by atoms with E-state index in [0.717, 1.165) is 10.4 Å². The maximum absolute atomic E-state index is 11.4. The van der Waals surface area contributed by atoms with Crippen LogP contribution < -0.4 is 10.5 Å². The molecule has 0 aliphatic rings. The van der Waals surface area contributed by atoms with Crippen molar-refractivity contribution in [1.82, 2.24) is 0 Å². The summed E-state index contributed by atoms with van der Waals surface area (Å²) in [5.41, 5.74) is 6.27. The fraction of sp³-hybridized carbons (Fsp3) is 0.200. The van der Waals surface area contributed by atoms with Crippen molar-refractivity contribution in [2.45, 2.75) is 11.5 Å². The van der Waals surface area contributed by atoms with Gasteiger partial charge in [-0.05, 0) is 35.7 Å². The van der Waals surface area contributed by atoms with E-state index in [2.05, 4.69) is 11.8 Å². The van der Waals surface area contributed by atoms with E-state index in [1.165, 1.54) is 18.4 Å². The molecule has 1 heterocycles. The lowest BCUT2D eigenvalue weighted by atomic mass is 10.2. The first-order chi connectivity index (χ1) is 10.0. The van der Waals surface area contributed by atoms with Gasteiger partial charge in [0.1, 0.15) is 12.4 Å². The van der Waals surface area contributed by atoms with Crippen LogP contribution in [0.25, 0.3) is 0 Å². The second kappa shape index (κ2) is 6.76. The molecule has 0 saturated heterocycles. The number of rotatable bonds is 4. The summed E-state index contributed by atoms with van der Waals surface area (Å²) >= 11 is 1.56. The highest BCUT2D eigenvalue weighted by molar-refractivity contribution is 7.90. The SMILES string of the molecule is CS(=O)(=O)c1ccc(OCc2sccc2C#CCN)cc1. The van der Waals surface area contributed by atoms with E-state index >= 15 is 0 Å². The Morgan fingerprint density at radius 2 is 1.95 bits per heavy atom. The molecule has 2 rings (SSSR count). The summed E-state index contributed by atoms with van der Waals surface area (Å²) in [4.78, 5) is 1.30. The first-order valence-electron chi connectivity index (χ1n) is 6.19. The Kier molecular flexibility index (Phi) is 5.02. The van der Waals surface area contributed by atoms with Crippen LogP contribution in [0.1, 0.15) is 10.4 Å². The summed E-state index contributed by atoms with van der Waals surface area (Å²) in [5, 5.41) is 1.95. The van der Waals surface area contributed by atoms with E-state index < -0.39 is 9.84 Å². The maximum Gasteiger partial charge on any atom is 0.175 e. The van der Waals surface area contributed by atoms with Crippen LogP contribution >= 0.6 is 11.3 Å². The Bertz CT molecular complexity index is 765. The maximum atomic E-state index is 11.4. The second-order valence-electron chi connectivity index (χ2n) is 4.30. The van der Waals surface area contributed by atoms with Gasteiger partial charge in [-0.1, -0.05) is 11.8 Å². The van der Waals surface area contributed by atoms with Gasteiger partial charge in [-0.2, -0.15) is 0 Å². The second-order valence-corrected chi connectivity index (χ2v) is 7.31. The predicted molar refractivity (Wildman–Crippen MR) is 84.1 cm³/mol. The van der Waals surface area contributed by atoms with Crippen molar-refractivity contribution in [2.24, 2.45) is 5.73 Å². The van der Waals surface area contributed by atoms with E-state index in [0.29, 0.717) is 18.9 Å². The van der Waals surface area contributed by atoms with Crippen LogP contribution in [0.15, 0.2) is 40.6 Å². The monoisotopic (exact) mass is 321 g/mol. The standard InChI is InChI=1S/C15H15NO3S2/c1-21(17,18)14-6-4-13(5-7-14)19-11-15-12(3-2-9-16)8-10-20-15/h4-8,10H,9,11,16H2,1H3. The van der Waals surface area contributed by atoms with Crippen molar-refractivity contribution in [3.05, 3.63) is 46.2 Å². The molecule has 0 aliphatic carbocycles. The first kappa shape index (κ1) is 15.6. The van der Waals surface area contributed by atoms with Crippen LogP contribution in [-0.2, 0) is 16.4 Å². The average Bonchev–Trinajstić information content (AvgIpc) is 2.90. The third-order valence-corrected chi connectivity index (χ3v) is 4.72. The molecule has 0 fully saturated rings. The Labute approximate surface area is 128 Å². The minimum Gasteiger partial charge on any atom is -0.488 e. The average molecular weight is 321 g/mol. The summed E-state index contributed by atoms with van der Waals surface area (Å²) in [6, 6.07) is 8.30. The van der Waals surface area contributed by atoms with Crippen LogP contribution in [0.3, 0.4) is 0 Å². The number of benzene rings is 1. The van der Waals surface area contributed by atoms with Crippen LogP contribution in [0, 0.1) is 11.8 Å². The Morgan fingerprint density at radius 1 is 1.24 bits per heavy atom. The van der Waals surface area contributed by atoms with Crippen molar-refractivity contribution in [3.63, 3.8) is 0 Å².